The number of aromatic amines is 1. The highest BCUT2D eigenvalue weighted by atomic mass is 35.5. The smallest absolute Gasteiger partial charge is 0.227 e. The van der Waals surface area contributed by atoms with Crippen molar-refractivity contribution in [2.75, 3.05) is 6.54 Å². The second-order valence-corrected chi connectivity index (χ2v) is 6.96. The lowest BCUT2D eigenvalue weighted by Gasteiger charge is -2.22. The number of amides is 1. The first-order chi connectivity index (χ1) is 9.74. The van der Waals surface area contributed by atoms with Crippen LogP contribution in [0.4, 0.5) is 0 Å². The third-order valence-corrected chi connectivity index (χ3v) is 4.98. The van der Waals surface area contributed by atoms with Crippen LogP contribution in [0.15, 0.2) is 6.07 Å². The molecule has 4 nitrogen and oxygen atoms in total. The number of carbonyl (C=O) groups is 1. The molecule has 112 valence electrons. The summed E-state index contributed by atoms with van der Waals surface area (Å²) < 4.78 is 0. The fraction of sp³-hybridized carbons (Fsp3) is 0.400. The van der Waals surface area contributed by atoms with Gasteiger partial charge in [-0.1, -0.05) is 37.0 Å². The zero-order valence-corrected chi connectivity index (χ0v) is 13.5. The van der Waals surface area contributed by atoms with E-state index in [1.165, 1.54) is 6.07 Å². The molecule has 3 N–H and O–H groups in total. The summed E-state index contributed by atoms with van der Waals surface area (Å²) in [4.78, 5) is 15.5. The predicted octanol–water partition coefficient (Wildman–Crippen LogP) is 3.69. The van der Waals surface area contributed by atoms with Crippen LogP contribution in [-0.2, 0) is 10.2 Å². The molecule has 1 aliphatic rings. The van der Waals surface area contributed by atoms with Crippen LogP contribution in [0.5, 0.6) is 5.75 Å². The standard InChI is InChI=1S/C15H16Cl2N2O2/c1-6-9-10-8(20)4-7(16)11(17)12(10)19-13(9)15(2,3)5-18-14(6)21/h4,6,19-20H,5H2,1-3H3,(H,18,21). The topological polar surface area (TPSA) is 65.1 Å². The number of aromatic hydroxyl groups is 1. The monoisotopic (exact) mass is 326 g/mol. The third-order valence-electron chi connectivity index (χ3n) is 4.20. The lowest BCUT2D eigenvalue weighted by atomic mass is 9.84. The highest BCUT2D eigenvalue weighted by molar-refractivity contribution is 6.45. The van der Waals surface area contributed by atoms with E-state index in [0.717, 1.165) is 11.3 Å². The van der Waals surface area contributed by atoms with Crippen LogP contribution in [0.3, 0.4) is 0 Å². The number of fused-ring (bicyclic) bond motifs is 3. The van der Waals surface area contributed by atoms with Gasteiger partial charge in [0.05, 0.1) is 21.5 Å². The lowest BCUT2D eigenvalue weighted by Crippen LogP contribution is -2.35. The van der Waals surface area contributed by atoms with Gasteiger partial charge in [0.2, 0.25) is 5.91 Å². The molecule has 3 rings (SSSR count). The zero-order chi connectivity index (χ0) is 15.5. The van der Waals surface area contributed by atoms with Gasteiger partial charge < -0.3 is 15.4 Å². The number of hydrogen-bond donors (Lipinski definition) is 3. The molecule has 1 unspecified atom stereocenters. The molecule has 1 aliphatic heterocycles. The molecule has 2 aromatic rings. The van der Waals surface area contributed by atoms with Crippen molar-refractivity contribution in [3.63, 3.8) is 0 Å². The van der Waals surface area contributed by atoms with E-state index in [9.17, 15) is 9.90 Å². The Kier molecular flexibility index (Phi) is 3.15. The third kappa shape index (κ3) is 2.00. The van der Waals surface area contributed by atoms with Gasteiger partial charge in [0.15, 0.2) is 0 Å². The summed E-state index contributed by atoms with van der Waals surface area (Å²) in [5.74, 6) is -0.402. The largest absolute Gasteiger partial charge is 0.507 e. The highest BCUT2D eigenvalue weighted by Gasteiger charge is 2.36. The average molecular weight is 327 g/mol. The number of nitrogens with one attached hydrogen (secondary N) is 2. The quantitative estimate of drug-likeness (QED) is 0.691. The van der Waals surface area contributed by atoms with Crippen molar-refractivity contribution < 1.29 is 9.90 Å². The second kappa shape index (κ2) is 4.55. The molecule has 0 fully saturated rings. The van der Waals surface area contributed by atoms with Crippen molar-refractivity contribution in [2.45, 2.75) is 32.1 Å². The van der Waals surface area contributed by atoms with E-state index in [0.29, 0.717) is 22.5 Å². The maximum absolute atomic E-state index is 12.2. The highest BCUT2D eigenvalue weighted by Crippen LogP contribution is 2.45. The Labute approximate surface area is 132 Å². The van der Waals surface area contributed by atoms with Crippen molar-refractivity contribution in [3.05, 3.63) is 27.4 Å². The molecule has 0 bridgehead atoms. The SMILES string of the molecule is CC1C(=O)NCC(C)(C)c2[nH]c3c(Cl)c(Cl)cc(O)c3c21. The molecule has 2 heterocycles. The normalized spacial score (nSPS) is 21.0. The zero-order valence-electron chi connectivity index (χ0n) is 12.0. The van der Waals surface area contributed by atoms with Crippen molar-refractivity contribution in [1.29, 1.82) is 0 Å². The van der Waals surface area contributed by atoms with Gasteiger partial charge in [0.1, 0.15) is 5.75 Å². The first-order valence-corrected chi connectivity index (χ1v) is 7.50. The van der Waals surface area contributed by atoms with Crippen molar-refractivity contribution in [2.24, 2.45) is 0 Å². The maximum atomic E-state index is 12.2. The van der Waals surface area contributed by atoms with E-state index in [1.807, 2.05) is 20.8 Å². The molecule has 6 heteroatoms. The van der Waals surface area contributed by atoms with E-state index in [1.54, 1.807) is 0 Å². The van der Waals surface area contributed by atoms with Crippen molar-refractivity contribution in [3.8, 4) is 5.75 Å². The Hall–Kier alpha value is -1.39. The number of hydrogen-bond acceptors (Lipinski definition) is 2. The molecule has 0 aliphatic carbocycles. The molecule has 1 aromatic heterocycles. The minimum atomic E-state index is -0.376. The van der Waals surface area contributed by atoms with Crippen LogP contribution in [0.1, 0.15) is 37.9 Å². The van der Waals surface area contributed by atoms with Gasteiger partial charge in [-0.3, -0.25) is 4.79 Å². The summed E-state index contributed by atoms with van der Waals surface area (Å²) in [6.07, 6.45) is 0. The van der Waals surface area contributed by atoms with Crippen LogP contribution in [0, 0.1) is 0 Å². The summed E-state index contributed by atoms with van der Waals surface area (Å²) in [5, 5.41) is 14.4. The Morgan fingerprint density at radius 1 is 1.38 bits per heavy atom. The first-order valence-electron chi connectivity index (χ1n) is 6.74. The fourth-order valence-corrected chi connectivity index (χ4v) is 3.36. The number of halogens is 2. The van der Waals surface area contributed by atoms with Gasteiger partial charge in [-0.05, 0) is 12.5 Å². The van der Waals surface area contributed by atoms with Crippen LogP contribution in [-0.4, -0.2) is 22.5 Å². The molecule has 0 radical (unpaired) electrons. The van der Waals surface area contributed by atoms with Gasteiger partial charge in [-0.2, -0.15) is 0 Å². The van der Waals surface area contributed by atoms with Crippen LogP contribution in [0.25, 0.3) is 10.9 Å². The molecule has 0 saturated heterocycles. The molecule has 0 saturated carbocycles. The van der Waals surface area contributed by atoms with Gasteiger partial charge in [-0.25, -0.2) is 0 Å². The summed E-state index contributed by atoms with van der Waals surface area (Å²) in [6, 6.07) is 1.42. The minimum Gasteiger partial charge on any atom is -0.507 e. The Morgan fingerprint density at radius 2 is 2.05 bits per heavy atom. The summed E-state index contributed by atoms with van der Waals surface area (Å²) in [6.45, 7) is 6.41. The Bertz CT molecular complexity index is 765. The van der Waals surface area contributed by atoms with Gasteiger partial charge >= 0.3 is 0 Å². The van der Waals surface area contributed by atoms with E-state index < -0.39 is 0 Å². The molecule has 0 spiro atoms. The van der Waals surface area contributed by atoms with Crippen LogP contribution >= 0.6 is 23.2 Å². The fourth-order valence-electron chi connectivity index (χ4n) is 2.97. The first kappa shape index (κ1) is 14.5. The van der Waals surface area contributed by atoms with Crippen molar-refractivity contribution >= 4 is 40.0 Å². The van der Waals surface area contributed by atoms with Gasteiger partial charge in [-0.15, -0.1) is 0 Å². The summed E-state index contributed by atoms with van der Waals surface area (Å²) in [7, 11) is 0. The Balaban J connectivity index is 2.47. The van der Waals surface area contributed by atoms with Gasteiger partial charge in [0.25, 0.3) is 0 Å². The summed E-state index contributed by atoms with van der Waals surface area (Å²) >= 11 is 12.3. The van der Waals surface area contributed by atoms with Gasteiger partial charge in [0, 0.05) is 29.1 Å². The number of rotatable bonds is 0. The molecule has 1 amide bonds. The van der Waals surface area contributed by atoms with Crippen LogP contribution < -0.4 is 5.32 Å². The number of phenolic OH excluding ortho intramolecular Hbond substituents is 1. The molecule has 1 atom stereocenters. The lowest BCUT2D eigenvalue weighted by molar-refractivity contribution is -0.122. The number of carbonyl (C=O) groups excluding carboxylic acids is 1. The number of benzene rings is 1. The average Bonchev–Trinajstić information content (AvgIpc) is 2.80. The van der Waals surface area contributed by atoms with E-state index in [2.05, 4.69) is 10.3 Å². The predicted molar refractivity (Wildman–Crippen MR) is 84.4 cm³/mol. The minimum absolute atomic E-state index is 0.0363. The number of phenols is 1. The van der Waals surface area contributed by atoms with E-state index in [4.69, 9.17) is 23.2 Å². The summed E-state index contributed by atoms with van der Waals surface area (Å²) in [5.41, 5.74) is 1.99. The van der Waals surface area contributed by atoms with E-state index >= 15 is 0 Å². The molecule has 21 heavy (non-hydrogen) atoms. The number of aromatic nitrogens is 1. The van der Waals surface area contributed by atoms with E-state index in [-0.39, 0.29) is 28.0 Å². The molecular weight excluding hydrogens is 311 g/mol. The Morgan fingerprint density at radius 3 is 2.71 bits per heavy atom. The molecule has 1 aromatic carbocycles. The molecular formula is C15H16Cl2N2O2. The maximum Gasteiger partial charge on any atom is 0.227 e. The van der Waals surface area contributed by atoms with Crippen molar-refractivity contribution in [1.82, 2.24) is 10.3 Å². The number of H-pyrrole nitrogens is 1. The van der Waals surface area contributed by atoms with Crippen LogP contribution in [0.2, 0.25) is 10.0 Å². The second-order valence-electron chi connectivity index (χ2n) is 6.18.